The highest BCUT2D eigenvalue weighted by Crippen LogP contribution is 2.28. The summed E-state index contributed by atoms with van der Waals surface area (Å²) < 4.78 is 38.2. The number of thioether (sulfide) groups is 1. The van der Waals surface area contributed by atoms with Crippen molar-refractivity contribution < 1.29 is 23.0 Å². The maximum Gasteiger partial charge on any atom is 0.264 e. The molecule has 0 radical (unpaired) electrons. The molecule has 1 amide bonds. The zero-order chi connectivity index (χ0) is 24.0. The van der Waals surface area contributed by atoms with E-state index in [-0.39, 0.29) is 22.5 Å². The van der Waals surface area contributed by atoms with Gasteiger partial charge in [0, 0.05) is 11.6 Å². The normalized spacial score (nSPS) is 11.2. The van der Waals surface area contributed by atoms with E-state index in [0.717, 1.165) is 34.1 Å². The Balaban J connectivity index is 1.60. The van der Waals surface area contributed by atoms with Crippen molar-refractivity contribution in [1.82, 2.24) is 14.9 Å². The van der Waals surface area contributed by atoms with Gasteiger partial charge in [-0.3, -0.25) is 4.79 Å². The fourth-order valence-electron chi connectivity index (χ4n) is 2.62. The van der Waals surface area contributed by atoms with Crippen molar-refractivity contribution in [2.45, 2.75) is 12.1 Å². The number of anilines is 2. The van der Waals surface area contributed by atoms with Gasteiger partial charge in [0.1, 0.15) is 11.6 Å². The number of carbonyl (C=O) groups excluding carboxylic acids is 1. The number of hydrazone groups is 1. The molecule has 10 nitrogen and oxygen atoms in total. The van der Waals surface area contributed by atoms with Crippen LogP contribution in [0.5, 0.6) is 11.5 Å². The summed E-state index contributed by atoms with van der Waals surface area (Å²) in [7, 11) is 3.09. The number of amides is 1. The molecule has 2 aromatic carbocycles. The third kappa shape index (κ3) is 5.88. The molecule has 1 aromatic heterocycles. The van der Waals surface area contributed by atoms with E-state index < -0.39 is 17.5 Å². The smallest absolute Gasteiger partial charge is 0.264 e. The zero-order valence-electron chi connectivity index (χ0n) is 17.9. The molecular weight excluding hydrogens is 456 g/mol. The molecule has 0 aliphatic heterocycles. The lowest BCUT2D eigenvalue weighted by Crippen LogP contribution is -2.17. The number of nitrogens with zero attached hydrogens (tertiary/aromatic N) is 4. The van der Waals surface area contributed by atoms with Crippen LogP contribution >= 0.6 is 11.8 Å². The van der Waals surface area contributed by atoms with Crippen LogP contribution in [0, 0.1) is 11.6 Å². The Kier molecular flexibility index (Phi) is 7.66. The van der Waals surface area contributed by atoms with Crippen LogP contribution < -0.4 is 26.1 Å². The van der Waals surface area contributed by atoms with Crippen LogP contribution in [0.1, 0.15) is 12.5 Å². The van der Waals surface area contributed by atoms with E-state index in [1.165, 1.54) is 0 Å². The summed E-state index contributed by atoms with van der Waals surface area (Å²) in [6, 6.07) is 8.22. The lowest BCUT2D eigenvalue weighted by atomic mass is 10.1. The summed E-state index contributed by atoms with van der Waals surface area (Å²) in [4.78, 5) is 12.1. The Morgan fingerprint density at radius 3 is 2.61 bits per heavy atom. The molecule has 0 saturated heterocycles. The highest BCUT2D eigenvalue weighted by Gasteiger charge is 2.14. The van der Waals surface area contributed by atoms with Gasteiger partial charge in [-0.25, -0.2) is 18.9 Å². The quantitative estimate of drug-likeness (QED) is 0.186. The molecule has 1 heterocycles. The van der Waals surface area contributed by atoms with Gasteiger partial charge in [0.25, 0.3) is 5.95 Å². The molecule has 0 spiro atoms. The second kappa shape index (κ2) is 10.6. The van der Waals surface area contributed by atoms with Gasteiger partial charge in [-0.05, 0) is 37.3 Å². The number of methoxy groups -OCH3 is 2. The average molecular weight is 477 g/mol. The lowest BCUT2D eigenvalue weighted by molar-refractivity contribution is -0.113. The molecule has 174 valence electrons. The van der Waals surface area contributed by atoms with Crippen LogP contribution in [0.15, 0.2) is 46.7 Å². The first kappa shape index (κ1) is 23.8. The molecule has 0 aliphatic carbocycles. The second-order valence-corrected chi connectivity index (χ2v) is 7.46. The maximum atomic E-state index is 13.7. The van der Waals surface area contributed by atoms with Gasteiger partial charge in [0.2, 0.25) is 11.1 Å². The Morgan fingerprint density at radius 1 is 1.15 bits per heavy atom. The Bertz CT molecular complexity index is 1190. The van der Waals surface area contributed by atoms with Crippen molar-refractivity contribution >= 4 is 35.0 Å². The van der Waals surface area contributed by atoms with Crippen LogP contribution in [0.2, 0.25) is 0 Å². The minimum absolute atomic E-state index is 0.125. The highest BCUT2D eigenvalue weighted by atomic mass is 32.2. The molecule has 0 unspecified atom stereocenters. The van der Waals surface area contributed by atoms with Crippen molar-refractivity contribution in [3.63, 3.8) is 0 Å². The summed E-state index contributed by atoms with van der Waals surface area (Å²) >= 11 is 0.981. The monoisotopic (exact) mass is 477 g/mol. The number of halogens is 2. The number of ether oxygens (including phenoxy) is 2. The second-order valence-electron chi connectivity index (χ2n) is 6.52. The number of aromatic nitrogens is 3. The SMILES string of the molecule is COc1ccc(/C(C)=N/Nc2nnc(SCC(=O)Nc3ccc(F)cc3F)n2N)cc1OC. The van der Waals surface area contributed by atoms with Gasteiger partial charge in [0.15, 0.2) is 11.5 Å². The molecule has 13 heteroatoms. The van der Waals surface area contributed by atoms with Gasteiger partial charge < -0.3 is 20.6 Å². The number of nitrogens with two attached hydrogens (primary N) is 1. The summed E-state index contributed by atoms with van der Waals surface area (Å²) in [5, 5.41) is 14.6. The van der Waals surface area contributed by atoms with Crippen molar-refractivity contribution in [3.05, 3.63) is 53.6 Å². The standard InChI is InChI=1S/C20H21F2N7O3S/c1-11(12-4-7-16(31-2)17(8-12)32-3)25-26-19-27-28-20(29(19)23)33-10-18(30)24-15-6-5-13(21)9-14(15)22/h4-9H,10,23H2,1-3H3,(H,24,30)(H,26,27)/b25-11+. The minimum Gasteiger partial charge on any atom is -0.493 e. The molecule has 4 N–H and O–H groups in total. The fourth-order valence-corrected chi connectivity index (χ4v) is 3.28. The summed E-state index contributed by atoms with van der Waals surface area (Å²) in [6.07, 6.45) is 0. The average Bonchev–Trinajstić information content (AvgIpc) is 3.16. The van der Waals surface area contributed by atoms with Crippen LogP contribution in [0.25, 0.3) is 0 Å². The first-order chi connectivity index (χ1) is 15.8. The fraction of sp³-hybridized carbons (Fsp3) is 0.200. The van der Waals surface area contributed by atoms with E-state index in [0.29, 0.717) is 23.3 Å². The first-order valence-electron chi connectivity index (χ1n) is 9.43. The Morgan fingerprint density at radius 2 is 1.91 bits per heavy atom. The van der Waals surface area contributed by atoms with Crippen molar-refractivity contribution in [2.75, 3.05) is 36.6 Å². The summed E-state index contributed by atoms with van der Waals surface area (Å²) in [6.45, 7) is 1.78. The number of nitrogens with one attached hydrogen (secondary N) is 2. The predicted molar refractivity (Wildman–Crippen MR) is 121 cm³/mol. The van der Waals surface area contributed by atoms with E-state index in [1.807, 2.05) is 6.07 Å². The molecule has 0 saturated carbocycles. The van der Waals surface area contributed by atoms with E-state index >= 15 is 0 Å². The van der Waals surface area contributed by atoms with Crippen LogP contribution in [-0.2, 0) is 4.79 Å². The minimum atomic E-state index is -0.871. The van der Waals surface area contributed by atoms with Gasteiger partial charge >= 0.3 is 0 Å². The van der Waals surface area contributed by atoms with Gasteiger partial charge in [0.05, 0.1) is 31.4 Å². The number of rotatable bonds is 9. The number of hydrogen-bond donors (Lipinski definition) is 3. The van der Waals surface area contributed by atoms with E-state index in [2.05, 4.69) is 26.0 Å². The molecule has 3 aromatic rings. The third-order valence-corrected chi connectivity index (χ3v) is 5.27. The number of hydrogen-bond acceptors (Lipinski definition) is 9. The molecule has 3 rings (SSSR count). The molecule has 0 atom stereocenters. The van der Waals surface area contributed by atoms with E-state index in [9.17, 15) is 13.6 Å². The van der Waals surface area contributed by atoms with Crippen molar-refractivity contribution in [3.8, 4) is 11.5 Å². The Labute approximate surface area is 192 Å². The number of benzene rings is 2. The third-order valence-electron chi connectivity index (χ3n) is 4.33. The predicted octanol–water partition coefficient (Wildman–Crippen LogP) is 2.85. The van der Waals surface area contributed by atoms with Gasteiger partial charge in [-0.15, -0.1) is 10.2 Å². The van der Waals surface area contributed by atoms with E-state index in [4.69, 9.17) is 15.3 Å². The van der Waals surface area contributed by atoms with Crippen molar-refractivity contribution in [2.24, 2.45) is 5.10 Å². The molecule has 33 heavy (non-hydrogen) atoms. The molecule has 0 aliphatic rings. The van der Waals surface area contributed by atoms with Crippen LogP contribution in [0.3, 0.4) is 0 Å². The summed E-state index contributed by atoms with van der Waals surface area (Å²) in [5.41, 5.74) is 3.99. The summed E-state index contributed by atoms with van der Waals surface area (Å²) in [5.74, 6) is 5.00. The Hall–Kier alpha value is -3.87. The number of nitrogen functional groups attached to an aromatic ring is 1. The van der Waals surface area contributed by atoms with Crippen LogP contribution in [0.4, 0.5) is 20.4 Å². The van der Waals surface area contributed by atoms with Gasteiger partial charge in [-0.1, -0.05) is 11.8 Å². The molecular formula is C20H21F2N7O3S. The topological polar surface area (TPSA) is 129 Å². The highest BCUT2D eigenvalue weighted by molar-refractivity contribution is 7.99. The largest absolute Gasteiger partial charge is 0.493 e. The van der Waals surface area contributed by atoms with Gasteiger partial charge in [-0.2, -0.15) is 5.10 Å². The maximum absolute atomic E-state index is 13.7. The van der Waals surface area contributed by atoms with Crippen molar-refractivity contribution in [1.29, 1.82) is 0 Å². The van der Waals surface area contributed by atoms with E-state index in [1.54, 1.807) is 33.3 Å². The molecule has 0 bridgehead atoms. The van der Waals surface area contributed by atoms with Crippen LogP contribution in [-0.4, -0.2) is 46.5 Å². The first-order valence-corrected chi connectivity index (χ1v) is 10.4. The molecule has 0 fully saturated rings. The zero-order valence-corrected chi connectivity index (χ0v) is 18.7. The number of carbonyl (C=O) groups is 1. The lowest BCUT2D eigenvalue weighted by Gasteiger charge is -2.09.